The van der Waals surface area contributed by atoms with Crippen LogP contribution >= 0.6 is 0 Å². The van der Waals surface area contributed by atoms with Crippen molar-refractivity contribution in [2.24, 2.45) is 0 Å². The minimum atomic E-state index is -4.50. The smallest absolute Gasteiger partial charge is 0.416 e. The van der Waals surface area contributed by atoms with Crippen LogP contribution < -0.4 is 5.32 Å². The average molecular weight is 464 g/mol. The summed E-state index contributed by atoms with van der Waals surface area (Å²) in [6, 6.07) is 7.63. The summed E-state index contributed by atoms with van der Waals surface area (Å²) in [6.07, 6.45) is -4.04. The molecule has 0 bridgehead atoms. The van der Waals surface area contributed by atoms with Crippen LogP contribution in [0.4, 0.5) is 18.9 Å². The van der Waals surface area contributed by atoms with Gasteiger partial charge in [0.15, 0.2) is 6.61 Å². The molecule has 0 radical (unpaired) electrons. The largest absolute Gasteiger partial charge is 0.452 e. The van der Waals surface area contributed by atoms with Crippen LogP contribution in [0.3, 0.4) is 0 Å². The maximum absolute atomic E-state index is 12.6. The maximum atomic E-state index is 12.6. The number of fused-ring (bicyclic) bond motifs is 1. The number of hydrogen-bond acceptors (Lipinski definition) is 6. The second kappa shape index (κ2) is 9.82. The molecular weight excluding hydrogens is 445 g/mol. The molecule has 1 aliphatic rings. The fourth-order valence-electron chi connectivity index (χ4n) is 3.14. The molecule has 33 heavy (non-hydrogen) atoms. The van der Waals surface area contributed by atoms with E-state index in [1.165, 1.54) is 25.3 Å². The monoisotopic (exact) mass is 464 g/mol. The van der Waals surface area contributed by atoms with Crippen molar-refractivity contribution in [3.8, 4) is 0 Å². The number of hydrogen-bond donors (Lipinski definition) is 1. The molecule has 3 amide bonds. The van der Waals surface area contributed by atoms with Gasteiger partial charge < -0.3 is 14.8 Å². The van der Waals surface area contributed by atoms with Crippen LogP contribution in [0.2, 0.25) is 0 Å². The Morgan fingerprint density at radius 1 is 1.00 bits per heavy atom. The van der Waals surface area contributed by atoms with Crippen molar-refractivity contribution in [2.45, 2.75) is 12.6 Å². The number of ether oxygens (including phenoxy) is 2. The van der Waals surface area contributed by atoms with E-state index in [0.717, 1.165) is 29.2 Å². The van der Waals surface area contributed by atoms with Gasteiger partial charge in [0.25, 0.3) is 17.7 Å². The molecule has 1 aliphatic heterocycles. The van der Waals surface area contributed by atoms with Crippen LogP contribution in [-0.4, -0.2) is 55.5 Å². The normalized spacial score (nSPS) is 13.2. The van der Waals surface area contributed by atoms with E-state index in [0.29, 0.717) is 13.0 Å². The summed E-state index contributed by atoms with van der Waals surface area (Å²) in [5.41, 5.74) is -0.584. The number of esters is 1. The van der Waals surface area contributed by atoms with Crippen molar-refractivity contribution in [1.82, 2.24) is 4.90 Å². The number of carbonyl (C=O) groups is 4. The van der Waals surface area contributed by atoms with Gasteiger partial charge in [0, 0.05) is 25.9 Å². The summed E-state index contributed by atoms with van der Waals surface area (Å²) >= 11 is 0. The van der Waals surface area contributed by atoms with E-state index in [-0.39, 0.29) is 28.9 Å². The Morgan fingerprint density at radius 3 is 2.30 bits per heavy atom. The predicted octanol–water partition coefficient (Wildman–Crippen LogP) is 3.13. The third-order valence-electron chi connectivity index (χ3n) is 4.77. The number of anilines is 1. The molecule has 174 valence electrons. The first kappa shape index (κ1) is 23.9. The molecular formula is C22H19F3N2O6. The minimum absolute atomic E-state index is 0.0315. The number of imide groups is 1. The number of carbonyl (C=O) groups excluding carboxylic acids is 4. The Labute approximate surface area is 186 Å². The zero-order chi connectivity index (χ0) is 24.2. The standard InChI is InChI=1S/C22H19F3N2O6/c1-32-10-2-9-27-19(29)16-8-3-13(11-17(16)20(27)30)21(31)33-12-18(28)26-15-6-4-14(5-7-15)22(23,24)25/h3-8,11H,2,9-10,12H2,1H3,(H,26,28). The van der Waals surface area contributed by atoms with E-state index in [4.69, 9.17) is 9.47 Å². The molecule has 0 saturated carbocycles. The molecule has 0 saturated heterocycles. The molecule has 8 nitrogen and oxygen atoms in total. The van der Waals surface area contributed by atoms with Gasteiger partial charge in [-0.25, -0.2) is 4.79 Å². The van der Waals surface area contributed by atoms with Gasteiger partial charge in [0.05, 0.1) is 22.3 Å². The summed E-state index contributed by atoms with van der Waals surface area (Å²) in [6.45, 7) is -0.156. The number of nitrogens with zero attached hydrogens (tertiary/aromatic N) is 1. The third kappa shape index (κ3) is 5.55. The van der Waals surface area contributed by atoms with Crippen LogP contribution in [0, 0.1) is 0 Å². The highest BCUT2D eigenvalue weighted by molar-refractivity contribution is 6.22. The van der Waals surface area contributed by atoms with E-state index in [1.807, 2.05) is 0 Å². The fraction of sp³-hybridized carbons (Fsp3) is 0.273. The number of amides is 3. The molecule has 0 aliphatic carbocycles. The highest BCUT2D eigenvalue weighted by Crippen LogP contribution is 2.30. The number of rotatable bonds is 8. The second-order valence-corrected chi connectivity index (χ2v) is 7.07. The predicted molar refractivity (Wildman–Crippen MR) is 109 cm³/mol. The Hall–Kier alpha value is -3.73. The van der Waals surface area contributed by atoms with Gasteiger partial charge in [-0.05, 0) is 48.9 Å². The zero-order valence-electron chi connectivity index (χ0n) is 17.4. The molecule has 1 heterocycles. The summed E-state index contributed by atoms with van der Waals surface area (Å²) in [7, 11) is 1.50. The topological polar surface area (TPSA) is 102 Å². The van der Waals surface area contributed by atoms with Gasteiger partial charge >= 0.3 is 12.1 Å². The number of nitrogens with one attached hydrogen (secondary N) is 1. The van der Waals surface area contributed by atoms with E-state index in [9.17, 15) is 32.3 Å². The van der Waals surface area contributed by atoms with Crippen molar-refractivity contribution in [1.29, 1.82) is 0 Å². The molecule has 0 spiro atoms. The molecule has 0 aromatic heterocycles. The van der Waals surface area contributed by atoms with Crippen LogP contribution in [-0.2, 0) is 20.4 Å². The number of benzene rings is 2. The lowest BCUT2D eigenvalue weighted by atomic mass is 10.1. The number of alkyl halides is 3. The van der Waals surface area contributed by atoms with Gasteiger partial charge in [0.1, 0.15) is 0 Å². The van der Waals surface area contributed by atoms with Crippen LogP contribution in [0.1, 0.15) is 43.1 Å². The summed E-state index contributed by atoms with van der Waals surface area (Å²) in [5.74, 6) is -2.68. The first-order valence-electron chi connectivity index (χ1n) is 9.75. The van der Waals surface area contributed by atoms with Crippen molar-refractivity contribution in [3.63, 3.8) is 0 Å². The molecule has 2 aromatic carbocycles. The minimum Gasteiger partial charge on any atom is -0.452 e. The van der Waals surface area contributed by atoms with E-state index in [2.05, 4.69) is 5.32 Å². The highest BCUT2D eigenvalue weighted by atomic mass is 19.4. The highest BCUT2D eigenvalue weighted by Gasteiger charge is 2.35. The third-order valence-corrected chi connectivity index (χ3v) is 4.77. The first-order chi connectivity index (χ1) is 15.6. The molecule has 0 atom stereocenters. The van der Waals surface area contributed by atoms with Gasteiger partial charge in [-0.1, -0.05) is 0 Å². The average Bonchev–Trinajstić information content (AvgIpc) is 3.01. The SMILES string of the molecule is COCCCN1C(=O)c2ccc(C(=O)OCC(=O)Nc3ccc(C(F)(F)F)cc3)cc2C1=O. The van der Waals surface area contributed by atoms with Crippen LogP contribution in [0.25, 0.3) is 0 Å². The Bertz CT molecular complexity index is 1080. The van der Waals surface area contributed by atoms with Gasteiger partial charge in [-0.2, -0.15) is 13.2 Å². The van der Waals surface area contributed by atoms with E-state index < -0.39 is 42.0 Å². The number of halogens is 3. The Kier molecular flexibility index (Phi) is 7.12. The fourth-order valence-corrected chi connectivity index (χ4v) is 3.14. The van der Waals surface area contributed by atoms with Crippen molar-refractivity contribution < 1.29 is 41.8 Å². The van der Waals surface area contributed by atoms with Crippen LogP contribution in [0.5, 0.6) is 0 Å². The van der Waals surface area contributed by atoms with Gasteiger partial charge in [-0.3, -0.25) is 19.3 Å². The molecule has 3 rings (SSSR count). The lowest BCUT2D eigenvalue weighted by molar-refractivity contribution is -0.137. The molecule has 0 fully saturated rings. The van der Waals surface area contributed by atoms with E-state index >= 15 is 0 Å². The Balaban J connectivity index is 1.58. The molecule has 11 heteroatoms. The van der Waals surface area contributed by atoms with E-state index in [1.54, 1.807) is 0 Å². The summed E-state index contributed by atoms with van der Waals surface area (Å²) in [4.78, 5) is 50.2. The quantitative estimate of drug-likeness (QED) is 0.366. The van der Waals surface area contributed by atoms with Gasteiger partial charge in [-0.15, -0.1) is 0 Å². The van der Waals surface area contributed by atoms with Crippen molar-refractivity contribution in [2.75, 3.05) is 32.2 Å². The lowest BCUT2D eigenvalue weighted by Gasteiger charge is -2.12. The maximum Gasteiger partial charge on any atom is 0.416 e. The number of methoxy groups -OCH3 is 1. The van der Waals surface area contributed by atoms with Crippen molar-refractivity contribution >= 4 is 29.4 Å². The zero-order valence-corrected chi connectivity index (χ0v) is 17.4. The van der Waals surface area contributed by atoms with Gasteiger partial charge in [0.2, 0.25) is 0 Å². The second-order valence-electron chi connectivity index (χ2n) is 7.07. The van der Waals surface area contributed by atoms with Crippen LogP contribution in [0.15, 0.2) is 42.5 Å². The Morgan fingerprint density at radius 2 is 1.67 bits per heavy atom. The first-order valence-corrected chi connectivity index (χ1v) is 9.75. The summed E-state index contributed by atoms with van der Waals surface area (Å²) in [5, 5.41) is 2.31. The molecule has 1 N–H and O–H groups in total. The molecule has 0 unspecified atom stereocenters. The van der Waals surface area contributed by atoms with Crippen molar-refractivity contribution in [3.05, 3.63) is 64.7 Å². The summed E-state index contributed by atoms with van der Waals surface area (Å²) < 4.78 is 47.6. The lowest BCUT2D eigenvalue weighted by Crippen LogP contribution is -2.31. The molecule has 2 aromatic rings.